The third-order valence-corrected chi connectivity index (χ3v) is 5.75. The van der Waals surface area contributed by atoms with Crippen molar-refractivity contribution in [1.29, 1.82) is 0 Å². The maximum absolute atomic E-state index is 13.0. The molecule has 0 fully saturated rings. The number of hydrogen-bond donors (Lipinski definition) is 1. The van der Waals surface area contributed by atoms with Crippen molar-refractivity contribution in [2.24, 2.45) is 0 Å². The maximum Gasteiger partial charge on any atom is 0.410 e. The molecule has 0 aliphatic heterocycles. The highest BCUT2D eigenvalue weighted by Crippen LogP contribution is 2.21. The zero-order valence-corrected chi connectivity index (χ0v) is 22.8. The van der Waals surface area contributed by atoms with E-state index in [2.05, 4.69) is 15.3 Å². The molecule has 0 saturated heterocycles. The molecule has 2 amide bonds. The second-order valence-electron chi connectivity index (χ2n) is 10.3. The molecule has 0 aliphatic carbocycles. The van der Waals surface area contributed by atoms with E-state index in [1.54, 1.807) is 17.2 Å². The number of nitrogens with zero attached hydrogens (tertiary/aromatic N) is 3. The van der Waals surface area contributed by atoms with Gasteiger partial charge in [0.2, 0.25) is 5.91 Å². The highest BCUT2D eigenvalue weighted by atomic mass is 16.6. The summed E-state index contributed by atoms with van der Waals surface area (Å²) in [6.45, 7) is 8.24. The zero-order valence-electron chi connectivity index (χ0n) is 22.8. The number of rotatable bonds is 9. The van der Waals surface area contributed by atoms with Crippen LogP contribution in [0, 0.1) is 0 Å². The Kier molecular flexibility index (Phi) is 8.76. The van der Waals surface area contributed by atoms with E-state index in [9.17, 15) is 9.59 Å². The van der Waals surface area contributed by atoms with Crippen molar-refractivity contribution in [3.8, 4) is 5.75 Å². The SMILES string of the molecule is CC(=O)Nc1ccc2ccc(COc3cccc(CN(CCc4ccccn4)C(=O)OC(C)(C)C)c3)cc2n1. The van der Waals surface area contributed by atoms with Crippen molar-refractivity contribution in [1.82, 2.24) is 14.9 Å². The minimum atomic E-state index is -0.594. The molecule has 1 N–H and O–H groups in total. The summed E-state index contributed by atoms with van der Waals surface area (Å²) in [7, 11) is 0. The first-order valence-electron chi connectivity index (χ1n) is 12.9. The molecule has 0 spiro atoms. The smallest absolute Gasteiger partial charge is 0.410 e. The van der Waals surface area contributed by atoms with E-state index in [0.717, 1.165) is 27.7 Å². The van der Waals surface area contributed by atoms with Crippen molar-refractivity contribution in [3.05, 3.63) is 95.8 Å². The third-order valence-electron chi connectivity index (χ3n) is 5.75. The first-order valence-corrected chi connectivity index (χ1v) is 12.9. The van der Waals surface area contributed by atoms with Crippen molar-refractivity contribution in [2.45, 2.75) is 52.9 Å². The molecule has 0 bridgehead atoms. The van der Waals surface area contributed by atoms with E-state index in [4.69, 9.17) is 9.47 Å². The zero-order chi connectivity index (χ0) is 27.8. The molecule has 2 aromatic heterocycles. The second-order valence-corrected chi connectivity index (χ2v) is 10.3. The molecule has 2 heterocycles. The Morgan fingerprint density at radius 1 is 0.949 bits per heavy atom. The molecule has 4 rings (SSSR count). The summed E-state index contributed by atoms with van der Waals surface area (Å²) in [6.07, 6.45) is 2.00. The lowest BCUT2D eigenvalue weighted by molar-refractivity contribution is -0.114. The Hall–Kier alpha value is -4.46. The highest BCUT2D eigenvalue weighted by Gasteiger charge is 2.22. The van der Waals surface area contributed by atoms with E-state index in [-0.39, 0.29) is 12.0 Å². The quantitative estimate of drug-likeness (QED) is 0.281. The fourth-order valence-corrected chi connectivity index (χ4v) is 3.98. The van der Waals surface area contributed by atoms with Crippen molar-refractivity contribution in [2.75, 3.05) is 11.9 Å². The van der Waals surface area contributed by atoms with Gasteiger partial charge >= 0.3 is 6.09 Å². The predicted octanol–water partition coefficient (Wildman–Crippen LogP) is 6.15. The maximum atomic E-state index is 13.0. The minimum absolute atomic E-state index is 0.164. The fourth-order valence-electron chi connectivity index (χ4n) is 3.98. The summed E-state index contributed by atoms with van der Waals surface area (Å²) in [5, 5.41) is 3.69. The Morgan fingerprint density at radius 2 is 1.77 bits per heavy atom. The van der Waals surface area contributed by atoms with E-state index >= 15 is 0 Å². The van der Waals surface area contributed by atoms with Crippen LogP contribution in [0.15, 0.2) is 79.0 Å². The number of benzene rings is 2. The summed E-state index contributed by atoms with van der Waals surface area (Å²) in [5.41, 5.74) is 2.97. The van der Waals surface area contributed by atoms with Crippen LogP contribution in [0.1, 0.15) is 44.5 Å². The molecule has 2 aromatic carbocycles. The van der Waals surface area contributed by atoms with Crippen molar-refractivity contribution >= 4 is 28.7 Å². The van der Waals surface area contributed by atoms with Crippen LogP contribution in [-0.2, 0) is 29.1 Å². The van der Waals surface area contributed by atoms with Gasteiger partial charge in [-0.05, 0) is 74.4 Å². The van der Waals surface area contributed by atoms with Crippen LogP contribution in [0.4, 0.5) is 10.6 Å². The minimum Gasteiger partial charge on any atom is -0.489 e. The number of anilines is 1. The molecule has 4 aromatic rings. The Labute approximate surface area is 229 Å². The molecule has 39 heavy (non-hydrogen) atoms. The second kappa shape index (κ2) is 12.4. The Morgan fingerprint density at radius 3 is 2.51 bits per heavy atom. The number of hydrogen-bond acceptors (Lipinski definition) is 6. The topological polar surface area (TPSA) is 93.7 Å². The van der Waals surface area contributed by atoms with Crippen molar-refractivity contribution < 1.29 is 19.1 Å². The number of amides is 2. The van der Waals surface area contributed by atoms with E-state index in [1.165, 1.54) is 6.92 Å². The molecule has 0 atom stereocenters. The summed E-state index contributed by atoms with van der Waals surface area (Å²) in [5.74, 6) is 1.04. The standard InChI is InChI=1S/C31H34N4O4/c1-22(36)33-29-14-13-25-12-11-24(19-28(25)34-29)21-38-27-10-7-8-23(18-27)20-35(30(37)39-31(2,3)4)17-15-26-9-5-6-16-32-26/h5-14,16,18-19H,15,17,20-21H2,1-4H3,(H,33,34,36). The first-order chi connectivity index (χ1) is 18.6. The average molecular weight is 527 g/mol. The van der Waals surface area contributed by atoms with Gasteiger partial charge in [-0.1, -0.05) is 30.3 Å². The van der Waals surface area contributed by atoms with E-state index < -0.39 is 5.60 Å². The number of aromatic nitrogens is 2. The van der Waals surface area contributed by atoms with Gasteiger partial charge in [-0.25, -0.2) is 9.78 Å². The van der Waals surface area contributed by atoms with Crippen molar-refractivity contribution in [3.63, 3.8) is 0 Å². The molecular formula is C31H34N4O4. The molecule has 202 valence electrons. The number of carbonyl (C=O) groups is 2. The lowest BCUT2D eigenvalue weighted by Crippen LogP contribution is -2.37. The van der Waals surface area contributed by atoms with Gasteiger partial charge in [0, 0.05) is 43.7 Å². The summed E-state index contributed by atoms with van der Waals surface area (Å²) in [4.78, 5) is 34.9. The number of fused-ring (bicyclic) bond motifs is 1. The van der Waals surface area contributed by atoms with Crippen LogP contribution in [-0.4, -0.2) is 39.0 Å². The highest BCUT2D eigenvalue weighted by molar-refractivity contribution is 5.89. The van der Waals surface area contributed by atoms with Crippen LogP contribution in [0.3, 0.4) is 0 Å². The molecule has 8 nitrogen and oxygen atoms in total. The Balaban J connectivity index is 1.44. The summed E-state index contributed by atoms with van der Waals surface area (Å²) in [6, 6.07) is 23.1. The monoisotopic (exact) mass is 526 g/mol. The van der Waals surface area contributed by atoms with Gasteiger partial charge in [0.15, 0.2) is 0 Å². The number of pyridine rings is 2. The van der Waals surface area contributed by atoms with Crippen LogP contribution >= 0.6 is 0 Å². The predicted molar refractivity (Wildman–Crippen MR) is 151 cm³/mol. The normalized spacial score (nSPS) is 11.2. The molecule has 0 aliphatic rings. The van der Waals surface area contributed by atoms with Gasteiger partial charge in [-0.3, -0.25) is 9.78 Å². The molecule has 0 radical (unpaired) electrons. The average Bonchev–Trinajstić information content (AvgIpc) is 2.89. The number of ether oxygens (including phenoxy) is 2. The molecule has 0 saturated carbocycles. The molecule has 8 heteroatoms. The van der Waals surface area contributed by atoms with Gasteiger partial charge in [0.05, 0.1) is 5.52 Å². The van der Waals surface area contributed by atoms with Crippen LogP contribution < -0.4 is 10.1 Å². The first kappa shape index (κ1) is 27.6. The lowest BCUT2D eigenvalue weighted by atomic mass is 10.1. The van der Waals surface area contributed by atoms with Crippen LogP contribution in [0.2, 0.25) is 0 Å². The van der Waals surface area contributed by atoms with E-state index in [0.29, 0.717) is 37.7 Å². The van der Waals surface area contributed by atoms with Gasteiger partial charge in [-0.2, -0.15) is 0 Å². The van der Waals surface area contributed by atoms with Gasteiger partial charge in [0.1, 0.15) is 23.8 Å². The number of nitrogens with one attached hydrogen (secondary N) is 1. The number of carbonyl (C=O) groups excluding carboxylic acids is 2. The summed E-state index contributed by atoms with van der Waals surface area (Å²) >= 11 is 0. The van der Waals surface area contributed by atoms with Gasteiger partial charge in [-0.15, -0.1) is 0 Å². The summed E-state index contributed by atoms with van der Waals surface area (Å²) < 4.78 is 11.8. The Bertz CT molecular complexity index is 1430. The van der Waals surface area contributed by atoms with Gasteiger partial charge < -0.3 is 19.7 Å². The largest absolute Gasteiger partial charge is 0.489 e. The van der Waals surface area contributed by atoms with Crippen LogP contribution in [0.25, 0.3) is 10.9 Å². The lowest BCUT2D eigenvalue weighted by Gasteiger charge is -2.27. The van der Waals surface area contributed by atoms with E-state index in [1.807, 2.05) is 87.5 Å². The third kappa shape index (κ3) is 8.53. The van der Waals surface area contributed by atoms with Crippen LogP contribution in [0.5, 0.6) is 5.75 Å². The van der Waals surface area contributed by atoms with Gasteiger partial charge in [0.25, 0.3) is 0 Å². The fraction of sp³-hybridized carbons (Fsp3) is 0.290. The molecular weight excluding hydrogens is 492 g/mol. The molecule has 0 unspecified atom stereocenters.